The highest BCUT2D eigenvalue weighted by molar-refractivity contribution is 9.10. The van der Waals surface area contributed by atoms with Gasteiger partial charge >= 0.3 is 0 Å². The van der Waals surface area contributed by atoms with Crippen molar-refractivity contribution in [2.24, 2.45) is 0 Å². The first-order valence-corrected chi connectivity index (χ1v) is 8.12. The summed E-state index contributed by atoms with van der Waals surface area (Å²) in [6.07, 6.45) is 0.896. The minimum atomic E-state index is 0.246. The lowest BCUT2D eigenvalue weighted by molar-refractivity contribution is 0.411. The van der Waals surface area contributed by atoms with Crippen LogP contribution in [0.4, 0.5) is 0 Å². The van der Waals surface area contributed by atoms with Gasteiger partial charge < -0.3 is 10.1 Å². The molecule has 0 saturated heterocycles. The molecule has 1 atom stereocenters. The van der Waals surface area contributed by atoms with E-state index < -0.39 is 0 Å². The fraction of sp³-hybridized carbons (Fsp3) is 0.294. The van der Waals surface area contributed by atoms with E-state index in [2.05, 4.69) is 46.4 Å². The summed E-state index contributed by atoms with van der Waals surface area (Å²) in [5, 5.41) is 4.30. The third kappa shape index (κ3) is 4.47. The van der Waals surface area contributed by atoms with Crippen LogP contribution in [-0.4, -0.2) is 13.7 Å². The maximum atomic E-state index is 6.07. The van der Waals surface area contributed by atoms with Crippen LogP contribution in [0.25, 0.3) is 0 Å². The highest BCUT2D eigenvalue weighted by Gasteiger charge is 2.13. The van der Waals surface area contributed by atoms with E-state index in [1.165, 1.54) is 11.1 Å². The third-order valence-electron chi connectivity index (χ3n) is 3.36. The second kappa shape index (κ2) is 7.83. The fourth-order valence-electron chi connectivity index (χ4n) is 2.35. The van der Waals surface area contributed by atoms with E-state index in [0.717, 1.165) is 28.2 Å². The van der Waals surface area contributed by atoms with Gasteiger partial charge in [0.2, 0.25) is 0 Å². The molecule has 1 unspecified atom stereocenters. The summed E-state index contributed by atoms with van der Waals surface area (Å²) in [7, 11) is 1.67. The molecule has 0 aliphatic rings. The van der Waals surface area contributed by atoms with Crippen LogP contribution < -0.4 is 10.1 Å². The van der Waals surface area contributed by atoms with Crippen molar-refractivity contribution in [2.45, 2.75) is 19.4 Å². The summed E-state index contributed by atoms with van der Waals surface area (Å²) in [4.78, 5) is 0. The van der Waals surface area contributed by atoms with E-state index in [1.54, 1.807) is 7.11 Å². The molecule has 0 radical (unpaired) electrons. The number of likely N-dealkylation sites (N-methyl/N-ethyl adjacent to an activating group) is 1. The zero-order chi connectivity index (χ0) is 15.2. The highest BCUT2D eigenvalue weighted by Crippen LogP contribution is 2.29. The average Bonchev–Trinajstić information content (AvgIpc) is 2.47. The summed E-state index contributed by atoms with van der Waals surface area (Å²) < 4.78 is 6.26. The molecule has 2 aromatic carbocycles. The molecule has 0 bridgehead atoms. The third-order valence-corrected chi connectivity index (χ3v) is 4.21. The van der Waals surface area contributed by atoms with Crippen molar-refractivity contribution in [1.29, 1.82) is 0 Å². The highest BCUT2D eigenvalue weighted by atomic mass is 79.9. The molecule has 0 fully saturated rings. The molecular weight excluding hydrogens is 350 g/mol. The van der Waals surface area contributed by atoms with Gasteiger partial charge in [0.05, 0.1) is 11.6 Å². The normalized spacial score (nSPS) is 12.2. The summed E-state index contributed by atoms with van der Waals surface area (Å²) in [6, 6.07) is 14.5. The van der Waals surface area contributed by atoms with E-state index in [9.17, 15) is 0 Å². The number of nitrogens with one attached hydrogen (secondary N) is 1. The first kappa shape index (κ1) is 16.3. The van der Waals surface area contributed by atoms with Crippen LogP contribution in [0.2, 0.25) is 5.02 Å². The van der Waals surface area contributed by atoms with E-state index in [4.69, 9.17) is 16.3 Å². The summed E-state index contributed by atoms with van der Waals surface area (Å²) >= 11 is 9.62. The van der Waals surface area contributed by atoms with Crippen molar-refractivity contribution < 1.29 is 4.74 Å². The molecule has 2 nitrogen and oxygen atoms in total. The lowest BCUT2D eigenvalue weighted by Crippen LogP contribution is -2.23. The average molecular weight is 369 g/mol. The Labute approximate surface area is 139 Å². The quantitative estimate of drug-likeness (QED) is 0.774. The number of rotatable bonds is 6. The topological polar surface area (TPSA) is 21.3 Å². The van der Waals surface area contributed by atoms with Crippen molar-refractivity contribution >= 4 is 27.5 Å². The predicted molar refractivity (Wildman–Crippen MR) is 92.3 cm³/mol. The maximum Gasteiger partial charge on any atom is 0.133 e. The van der Waals surface area contributed by atoms with Gasteiger partial charge in [-0.25, -0.2) is 0 Å². The van der Waals surface area contributed by atoms with Gasteiger partial charge in [-0.3, -0.25) is 0 Å². The number of hydrogen-bond acceptors (Lipinski definition) is 2. The molecule has 0 aliphatic heterocycles. The minimum Gasteiger partial charge on any atom is -0.496 e. The molecular formula is C17H19BrClNO. The Hall–Kier alpha value is -1.03. The molecule has 21 heavy (non-hydrogen) atoms. The molecule has 2 aromatic rings. The molecule has 0 spiro atoms. The number of benzene rings is 2. The summed E-state index contributed by atoms with van der Waals surface area (Å²) in [5.41, 5.74) is 2.45. The molecule has 112 valence electrons. The second-order valence-electron chi connectivity index (χ2n) is 4.84. The Morgan fingerprint density at radius 2 is 2.05 bits per heavy atom. The SMILES string of the molecule is CCNC(Cc1cccc(Cl)c1)c1ccc(OC)c(Br)c1. The lowest BCUT2D eigenvalue weighted by atomic mass is 9.98. The van der Waals surface area contributed by atoms with E-state index in [1.807, 2.05) is 24.3 Å². The van der Waals surface area contributed by atoms with Crippen LogP contribution in [0.5, 0.6) is 5.75 Å². The molecule has 1 N–H and O–H groups in total. The standard InChI is InChI=1S/C17H19BrClNO/c1-3-20-16(10-12-5-4-6-14(19)9-12)13-7-8-17(21-2)15(18)11-13/h4-9,11,16,20H,3,10H2,1-2H3. The minimum absolute atomic E-state index is 0.246. The molecule has 0 aromatic heterocycles. The van der Waals surface area contributed by atoms with Gasteiger partial charge in [0, 0.05) is 11.1 Å². The first-order valence-electron chi connectivity index (χ1n) is 6.95. The Morgan fingerprint density at radius 1 is 1.24 bits per heavy atom. The molecule has 0 heterocycles. The van der Waals surface area contributed by atoms with Gasteiger partial charge in [-0.15, -0.1) is 0 Å². The molecule has 0 amide bonds. The smallest absolute Gasteiger partial charge is 0.133 e. The predicted octanol–water partition coefficient (Wildman–Crippen LogP) is 5.00. The van der Waals surface area contributed by atoms with Crippen LogP contribution >= 0.6 is 27.5 Å². The summed E-state index contributed by atoms with van der Waals surface area (Å²) in [6.45, 7) is 3.03. The van der Waals surface area contributed by atoms with Crippen LogP contribution in [0.3, 0.4) is 0 Å². The second-order valence-corrected chi connectivity index (χ2v) is 6.13. The summed E-state index contributed by atoms with van der Waals surface area (Å²) in [5.74, 6) is 0.844. The number of hydrogen-bond donors (Lipinski definition) is 1. The Morgan fingerprint density at radius 3 is 2.67 bits per heavy atom. The van der Waals surface area contributed by atoms with Gasteiger partial charge in [-0.05, 0) is 64.3 Å². The van der Waals surface area contributed by atoms with Crippen LogP contribution in [0.15, 0.2) is 46.9 Å². The Bertz CT molecular complexity index is 603. The van der Waals surface area contributed by atoms with Gasteiger partial charge in [0.15, 0.2) is 0 Å². The zero-order valence-corrected chi connectivity index (χ0v) is 14.5. The monoisotopic (exact) mass is 367 g/mol. The molecule has 0 saturated carbocycles. The van der Waals surface area contributed by atoms with Crippen molar-refractivity contribution in [1.82, 2.24) is 5.32 Å². The maximum absolute atomic E-state index is 6.07. The zero-order valence-electron chi connectivity index (χ0n) is 12.2. The lowest BCUT2D eigenvalue weighted by Gasteiger charge is -2.19. The van der Waals surface area contributed by atoms with Gasteiger partial charge in [-0.2, -0.15) is 0 Å². The first-order chi connectivity index (χ1) is 10.1. The van der Waals surface area contributed by atoms with Crippen molar-refractivity contribution in [2.75, 3.05) is 13.7 Å². The van der Waals surface area contributed by atoms with Crippen LogP contribution in [0, 0.1) is 0 Å². The van der Waals surface area contributed by atoms with Crippen molar-refractivity contribution in [3.63, 3.8) is 0 Å². The Kier molecular flexibility index (Phi) is 6.09. The molecule has 4 heteroatoms. The number of methoxy groups -OCH3 is 1. The largest absolute Gasteiger partial charge is 0.496 e. The molecule has 0 aliphatic carbocycles. The molecule has 2 rings (SSSR count). The van der Waals surface area contributed by atoms with Gasteiger partial charge in [0.25, 0.3) is 0 Å². The van der Waals surface area contributed by atoms with Crippen molar-refractivity contribution in [3.05, 3.63) is 63.1 Å². The van der Waals surface area contributed by atoms with E-state index in [-0.39, 0.29) is 6.04 Å². The van der Waals surface area contributed by atoms with Gasteiger partial charge in [-0.1, -0.05) is 36.7 Å². The van der Waals surface area contributed by atoms with Crippen LogP contribution in [0.1, 0.15) is 24.1 Å². The number of ether oxygens (including phenoxy) is 1. The Balaban J connectivity index is 2.24. The van der Waals surface area contributed by atoms with E-state index >= 15 is 0 Å². The number of halogens is 2. The van der Waals surface area contributed by atoms with E-state index in [0.29, 0.717) is 0 Å². The van der Waals surface area contributed by atoms with Gasteiger partial charge in [0.1, 0.15) is 5.75 Å². The van der Waals surface area contributed by atoms with Crippen molar-refractivity contribution in [3.8, 4) is 5.75 Å². The van der Waals surface area contributed by atoms with Crippen LogP contribution in [-0.2, 0) is 6.42 Å². The fourth-order valence-corrected chi connectivity index (χ4v) is 3.12.